The van der Waals surface area contributed by atoms with Crippen LogP contribution >= 0.6 is 0 Å². The average Bonchev–Trinajstić information content (AvgIpc) is 3.15. The standard InChI is InChI=1S/C28H45NO4S/c1-19(4-9-26(31)29-14-16-34(32,33)17-15-29)23-7-8-24-22-6-5-20-18-21(30)10-12-27(20,2)25(22)11-13-28(23,24)3/h5,19,21-25,30H,4,6-18H2,1-3H3/t19-,21+,22+,23-,24+,25+,27+,28-/m1/s1. The van der Waals surface area contributed by atoms with Crippen LogP contribution in [0.2, 0.25) is 0 Å². The third-order valence-corrected chi connectivity index (χ3v) is 13.0. The second kappa shape index (κ2) is 8.90. The first kappa shape index (κ1) is 24.8. The van der Waals surface area contributed by atoms with Gasteiger partial charge in [0.1, 0.15) is 0 Å². The van der Waals surface area contributed by atoms with E-state index in [1.807, 2.05) is 0 Å². The third-order valence-electron chi connectivity index (χ3n) is 11.3. The molecule has 5 rings (SSSR count). The molecule has 3 saturated carbocycles. The zero-order valence-electron chi connectivity index (χ0n) is 21.5. The summed E-state index contributed by atoms with van der Waals surface area (Å²) in [6.45, 7) is 8.16. The van der Waals surface area contributed by atoms with Crippen LogP contribution in [0.5, 0.6) is 0 Å². The fourth-order valence-corrected chi connectivity index (χ4v) is 10.5. The molecule has 0 radical (unpaired) electrons. The Morgan fingerprint density at radius 3 is 2.59 bits per heavy atom. The first-order chi connectivity index (χ1) is 16.0. The molecule has 1 N–H and O–H groups in total. The van der Waals surface area contributed by atoms with Crippen molar-refractivity contribution in [3.8, 4) is 0 Å². The Morgan fingerprint density at radius 1 is 1.12 bits per heavy atom. The number of amides is 1. The molecular weight excluding hydrogens is 446 g/mol. The topological polar surface area (TPSA) is 74.7 Å². The highest BCUT2D eigenvalue weighted by atomic mass is 32.2. The first-order valence-electron chi connectivity index (χ1n) is 13.9. The van der Waals surface area contributed by atoms with Crippen LogP contribution in [0, 0.1) is 40.4 Å². The minimum absolute atomic E-state index is 0.118. The summed E-state index contributed by atoms with van der Waals surface area (Å²) >= 11 is 0. The Morgan fingerprint density at radius 2 is 1.85 bits per heavy atom. The molecule has 1 amide bonds. The molecule has 5 aliphatic rings. The van der Waals surface area contributed by atoms with Crippen molar-refractivity contribution in [3.63, 3.8) is 0 Å². The minimum atomic E-state index is -2.95. The normalized spacial score (nSPS) is 44.4. The molecule has 4 aliphatic carbocycles. The summed E-state index contributed by atoms with van der Waals surface area (Å²) in [6, 6.07) is 0. The smallest absolute Gasteiger partial charge is 0.222 e. The summed E-state index contributed by atoms with van der Waals surface area (Å²) in [5, 5.41) is 10.2. The Bertz CT molecular complexity index is 930. The lowest BCUT2D eigenvalue weighted by Gasteiger charge is -2.58. The number of rotatable bonds is 4. The van der Waals surface area contributed by atoms with Crippen molar-refractivity contribution in [2.24, 2.45) is 40.4 Å². The maximum Gasteiger partial charge on any atom is 0.222 e. The lowest BCUT2D eigenvalue weighted by atomic mass is 9.47. The van der Waals surface area contributed by atoms with Crippen molar-refractivity contribution in [1.29, 1.82) is 0 Å². The number of aliphatic hydroxyl groups excluding tert-OH is 1. The van der Waals surface area contributed by atoms with Crippen molar-refractivity contribution < 1.29 is 18.3 Å². The number of fused-ring (bicyclic) bond motifs is 5. The van der Waals surface area contributed by atoms with Gasteiger partial charge in [-0.2, -0.15) is 0 Å². The molecule has 1 saturated heterocycles. The summed E-state index contributed by atoms with van der Waals surface area (Å²) < 4.78 is 23.4. The molecule has 1 aliphatic heterocycles. The van der Waals surface area contributed by atoms with Gasteiger partial charge in [-0.3, -0.25) is 4.79 Å². The third kappa shape index (κ3) is 4.19. The second-order valence-corrected chi connectivity index (χ2v) is 15.2. The van der Waals surface area contributed by atoms with Gasteiger partial charge in [-0.05, 0) is 98.2 Å². The predicted octanol–water partition coefficient (Wildman–Crippen LogP) is 4.60. The molecule has 0 aromatic rings. The molecular formula is C28H45NO4S. The number of carbonyl (C=O) groups is 1. The highest BCUT2D eigenvalue weighted by Gasteiger charge is 2.59. The monoisotopic (exact) mass is 491 g/mol. The van der Waals surface area contributed by atoms with E-state index in [2.05, 4.69) is 26.8 Å². The van der Waals surface area contributed by atoms with Gasteiger partial charge in [0.15, 0.2) is 9.84 Å². The van der Waals surface area contributed by atoms with E-state index in [0.717, 1.165) is 43.4 Å². The Labute approximate surface area is 206 Å². The van der Waals surface area contributed by atoms with Crippen LogP contribution in [0.25, 0.3) is 0 Å². The lowest BCUT2D eigenvalue weighted by Crippen LogP contribution is -2.50. The molecule has 0 aromatic carbocycles. The average molecular weight is 492 g/mol. The Kier molecular flexibility index (Phi) is 6.49. The van der Waals surface area contributed by atoms with Gasteiger partial charge >= 0.3 is 0 Å². The zero-order chi connectivity index (χ0) is 24.3. The van der Waals surface area contributed by atoms with E-state index in [1.165, 1.54) is 32.1 Å². The van der Waals surface area contributed by atoms with Crippen LogP contribution in [0.4, 0.5) is 0 Å². The van der Waals surface area contributed by atoms with Crippen molar-refractivity contribution in [1.82, 2.24) is 4.90 Å². The van der Waals surface area contributed by atoms with Gasteiger partial charge in [0.05, 0.1) is 17.6 Å². The Hall–Kier alpha value is -0.880. The number of hydrogen-bond donors (Lipinski definition) is 1. The lowest BCUT2D eigenvalue weighted by molar-refractivity contribution is -0.131. The van der Waals surface area contributed by atoms with Crippen LogP contribution in [-0.4, -0.2) is 55.0 Å². The number of aliphatic hydroxyl groups is 1. The number of sulfone groups is 1. The number of hydrogen-bond acceptors (Lipinski definition) is 4. The molecule has 0 bridgehead atoms. The van der Waals surface area contributed by atoms with Gasteiger partial charge in [0.2, 0.25) is 5.91 Å². The number of allylic oxidation sites excluding steroid dienone is 1. The molecule has 8 atom stereocenters. The van der Waals surface area contributed by atoms with E-state index in [9.17, 15) is 18.3 Å². The van der Waals surface area contributed by atoms with Crippen molar-refractivity contribution in [2.45, 2.75) is 91.1 Å². The summed E-state index contributed by atoms with van der Waals surface area (Å²) in [4.78, 5) is 14.5. The van der Waals surface area contributed by atoms with Gasteiger partial charge in [0.25, 0.3) is 0 Å². The molecule has 0 unspecified atom stereocenters. The maximum atomic E-state index is 12.8. The van der Waals surface area contributed by atoms with Crippen LogP contribution < -0.4 is 0 Å². The zero-order valence-corrected chi connectivity index (χ0v) is 22.3. The van der Waals surface area contributed by atoms with Gasteiger partial charge in [-0.1, -0.05) is 32.4 Å². The molecule has 1 heterocycles. The Balaban J connectivity index is 1.22. The van der Waals surface area contributed by atoms with Crippen molar-refractivity contribution in [2.75, 3.05) is 24.6 Å². The van der Waals surface area contributed by atoms with Crippen LogP contribution in [-0.2, 0) is 14.6 Å². The molecule has 0 aromatic heterocycles. The minimum Gasteiger partial charge on any atom is -0.393 e. The van der Waals surface area contributed by atoms with Crippen molar-refractivity contribution in [3.05, 3.63) is 11.6 Å². The molecule has 34 heavy (non-hydrogen) atoms. The molecule has 4 fully saturated rings. The van der Waals surface area contributed by atoms with E-state index >= 15 is 0 Å². The molecule has 6 heteroatoms. The predicted molar refractivity (Wildman–Crippen MR) is 135 cm³/mol. The molecule has 0 spiro atoms. The second-order valence-electron chi connectivity index (χ2n) is 12.9. The van der Waals surface area contributed by atoms with Gasteiger partial charge in [0, 0.05) is 19.5 Å². The van der Waals surface area contributed by atoms with E-state index in [0.29, 0.717) is 42.2 Å². The summed E-state index contributed by atoms with van der Waals surface area (Å²) in [6.07, 6.45) is 13.3. The van der Waals surface area contributed by atoms with Gasteiger partial charge in [-0.25, -0.2) is 8.42 Å². The number of nitrogens with zero attached hydrogens (tertiary/aromatic N) is 1. The van der Waals surface area contributed by atoms with Crippen LogP contribution in [0.1, 0.15) is 85.0 Å². The SMILES string of the molecule is C[C@H](CCC(=O)N1CCS(=O)(=O)CC1)[C@H]1CC[C@H]2[C@@H]3CC=C4C[C@@H](O)CC[C@]4(C)[C@H]3CC[C@]12C. The molecule has 192 valence electrons. The summed E-state index contributed by atoms with van der Waals surface area (Å²) in [5.41, 5.74) is 2.21. The van der Waals surface area contributed by atoms with E-state index < -0.39 is 9.84 Å². The van der Waals surface area contributed by atoms with Gasteiger partial charge < -0.3 is 10.0 Å². The fourth-order valence-electron chi connectivity index (χ4n) is 9.29. The molecule has 5 nitrogen and oxygen atoms in total. The maximum absolute atomic E-state index is 12.8. The summed E-state index contributed by atoms with van der Waals surface area (Å²) in [5.74, 6) is 3.91. The van der Waals surface area contributed by atoms with E-state index in [1.54, 1.807) is 10.5 Å². The first-order valence-corrected chi connectivity index (χ1v) is 15.7. The van der Waals surface area contributed by atoms with E-state index in [4.69, 9.17) is 0 Å². The highest BCUT2D eigenvalue weighted by molar-refractivity contribution is 7.91. The number of carbonyl (C=O) groups excluding carboxylic acids is 1. The van der Waals surface area contributed by atoms with Crippen LogP contribution in [0.3, 0.4) is 0 Å². The van der Waals surface area contributed by atoms with E-state index in [-0.39, 0.29) is 23.5 Å². The summed E-state index contributed by atoms with van der Waals surface area (Å²) in [7, 11) is -2.95. The fraction of sp³-hybridized carbons (Fsp3) is 0.893. The largest absolute Gasteiger partial charge is 0.393 e. The van der Waals surface area contributed by atoms with Crippen LogP contribution in [0.15, 0.2) is 11.6 Å². The quantitative estimate of drug-likeness (QED) is 0.583. The van der Waals surface area contributed by atoms with Crippen molar-refractivity contribution >= 4 is 15.7 Å². The highest BCUT2D eigenvalue weighted by Crippen LogP contribution is 2.67. The van der Waals surface area contributed by atoms with Gasteiger partial charge in [-0.15, -0.1) is 0 Å².